The number of halogens is 2. The van der Waals surface area contributed by atoms with Gasteiger partial charge in [0.05, 0.1) is 22.5 Å². The van der Waals surface area contributed by atoms with Crippen molar-refractivity contribution in [2.75, 3.05) is 31.2 Å². The molecule has 1 unspecified atom stereocenters. The third-order valence-corrected chi connectivity index (χ3v) is 3.39. The van der Waals surface area contributed by atoms with Crippen LogP contribution in [0, 0.1) is 0 Å². The Morgan fingerprint density at radius 2 is 2.14 bits per heavy atom. The monoisotopic (exact) mass is 333 g/mol. The molecule has 0 spiro atoms. The molecule has 4 N–H and O–H groups in total. The molecule has 1 amide bonds. The van der Waals surface area contributed by atoms with Crippen molar-refractivity contribution in [2.24, 2.45) is 0 Å². The van der Waals surface area contributed by atoms with Gasteiger partial charge in [-0.3, -0.25) is 4.79 Å². The van der Waals surface area contributed by atoms with E-state index in [2.05, 4.69) is 5.32 Å². The molecule has 1 atom stereocenters. The lowest BCUT2D eigenvalue weighted by Crippen LogP contribution is -2.28. The Bertz CT molecular complexity index is 472. The molecule has 0 saturated carbocycles. The van der Waals surface area contributed by atoms with Gasteiger partial charge >= 0.3 is 0 Å². The Morgan fingerprint density at radius 3 is 2.71 bits per heavy atom. The average Bonchev–Trinajstić information content (AvgIpc) is 2.32. The Labute approximate surface area is 135 Å². The minimum absolute atomic E-state index is 0.156. The van der Waals surface area contributed by atoms with Crippen LogP contribution in [0.2, 0.25) is 10.0 Å². The number of carbonyl (C=O) groups is 1. The van der Waals surface area contributed by atoms with Crippen LogP contribution in [-0.2, 0) is 4.79 Å². The number of rotatable bonds is 7. The number of likely N-dealkylation sites (N-methyl/N-ethyl adjacent to an activating group) is 1. The number of nitrogens with zero attached hydrogens (tertiary/aromatic N) is 1. The van der Waals surface area contributed by atoms with Crippen LogP contribution in [0.4, 0.5) is 11.4 Å². The SMILES string of the molecule is CC(O)CN(C)CCCC(=O)Nc1c(N)cc(Cl)cc1Cl. The normalized spacial score (nSPS) is 12.5. The van der Waals surface area contributed by atoms with Gasteiger partial charge in [0, 0.05) is 18.0 Å². The molecule has 0 radical (unpaired) electrons. The van der Waals surface area contributed by atoms with E-state index in [9.17, 15) is 9.90 Å². The first-order valence-electron chi connectivity index (χ1n) is 6.70. The molecule has 7 heteroatoms. The third-order valence-electron chi connectivity index (χ3n) is 2.87. The van der Waals surface area contributed by atoms with Gasteiger partial charge in [0.1, 0.15) is 0 Å². The van der Waals surface area contributed by atoms with Gasteiger partial charge in [0.2, 0.25) is 5.91 Å². The summed E-state index contributed by atoms with van der Waals surface area (Å²) in [5.41, 5.74) is 6.51. The fourth-order valence-electron chi connectivity index (χ4n) is 1.98. The second-order valence-electron chi connectivity index (χ2n) is 5.11. The summed E-state index contributed by atoms with van der Waals surface area (Å²) < 4.78 is 0. The van der Waals surface area contributed by atoms with Gasteiger partial charge in [-0.1, -0.05) is 23.2 Å². The highest BCUT2D eigenvalue weighted by atomic mass is 35.5. The molecule has 0 bridgehead atoms. The maximum Gasteiger partial charge on any atom is 0.224 e. The zero-order valence-electron chi connectivity index (χ0n) is 12.2. The zero-order valence-corrected chi connectivity index (χ0v) is 13.7. The quantitative estimate of drug-likeness (QED) is 0.670. The van der Waals surface area contributed by atoms with E-state index in [1.165, 1.54) is 6.07 Å². The zero-order chi connectivity index (χ0) is 16.0. The van der Waals surface area contributed by atoms with Gasteiger partial charge in [0.25, 0.3) is 0 Å². The van der Waals surface area contributed by atoms with Gasteiger partial charge in [-0.05, 0) is 39.1 Å². The molecule has 0 aliphatic heterocycles. The number of aliphatic hydroxyl groups excluding tert-OH is 1. The second-order valence-corrected chi connectivity index (χ2v) is 5.96. The summed E-state index contributed by atoms with van der Waals surface area (Å²) in [6, 6.07) is 3.07. The topological polar surface area (TPSA) is 78.6 Å². The smallest absolute Gasteiger partial charge is 0.224 e. The maximum absolute atomic E-state index is 11.9. The van der Waals surface area contributed by atoms with Crippen LogP contribution in [-0.4, -0.2) is 42.2 Å². The number of aliphatic hydroxyl groups is 1. The largest absolute Gasteiger partial charge is 0.397 e. The van der Waals surface area contributed by atoms with E-state index in [4.69, 9.17) is 28.9 Å². The number of hydrogen-bond acceptors (Lipinski definition) is 4. The molecule has 1 rings (SSSR count). The second kappa shape index (κ2) is 8.44. The van der Waals surface area contributed by atoms with Crippen molar-refractivity contribution >= 4 is 40.5 Å². The van der Waals surface area contributed by atoms with Crippen LogP contribution >= 0.6 is 23.2 Å². The molecular weight excluding hydrogens is 313 g/mol. The average molecular weight is 334 g/mol. The van der Waals surface area contributed by atoms with Crippen LogP contribution in [0.15, 0.2) is 12.1 Å². The molecule has 1 aromatic carbocycles. The van der Waals surface area contributed by atoms with Crippen molar-refractivity contribution in [3.05, 3.63) is 22.2 Å². The number of nitrogens with one attached hydrogen (secondary N) is 1. The molecule has 21 heavy (non-hydrogen) atoms. The predicted octanol–water partition coefficient (Wildman–Crippen LogP) is 2.61. The molecule has 0 aromatic heterocycles. The molecule has 0 fully saturated rings. The standard InChI is InChI=1S/C14H21Cl2N3O2/c1-9(20)8-19(2)5-3-4-13(21)18-14-11(16)6-10(15)7-12(14)17/h6-7,9,20H,3-5,8,17H2,1-2H3,(H,18,21). The van der Waals surface area contributed by atoms with E-state index in [0.29, 0.717) is 40.8 Å². The molecule has 0 aliphatic carbocycles. The number of benzene rings is 1. The highest BCUT2D eigenvalue weighted by molar-refractivity contribution is 6.37. The first kappa shape index (κ1) is 18.0. The Balaban J connectivity index is 2.44. The molecule has 0 saturated heterocycles. The number of carbonyl (C=O) groups excluding carboxylic acids is 1. The van der Waals surface area contributed by atoms with Gasteiger partial charge in [-0.25, -0.2) is 0 Å². The van der Waals surface area contributed by atoms with Crippen LogP contribution in [0.5, 0.6) is 0 Å². The van der Waals surface area contributed by atoms with Crippen molar-refractivity contribution in [3.8, 4) is 0 Å². The Kier molecular flexibility index (Phi) is 7.25. The van der Waals surface area contributed by atoms with Gasteiger partial charge in [0.15, 0.2) is 0 Å². The summed E-state index contributed by atoms with van der Waals surface area (Å²) in [4.78, 5) is 13.9. The number of anilines is 2. The van der Waals surface area contributed by atoms with Crippen LogP contribution in [0.1, 0.15) is 19.8 Å². The minimum Gasteiger partial charge on any atom is -0.397 e. The Hall–Kier alpha value is -1.01. The number of nitrogen functional groups attached to an aromatic ring is 1. The van der Waals surface area contributed by atoms with Crippen molar-refractivity contribution < 1.29 is 9.90 Å². The van der Waals surface area contributed by atoms with Crippen LogP contribution in [0.25, 0.3) is 0 Å². The summed E-state index contributed by atoms with van der Waals surface area (Å²) in [5, 5.41) is 12.7. The van der Waals surface area contributed by atoms with E-state index in [-0.39, 0.29) is 12.0 Å². The highest BCUT2D eigenvalue weighted by Crippen LogP contribution is 2.32. The van der Waals surface area contributed by atoms with Crippen molar-refractivity contribution in [3.63, 3.8) is 0 Å². The molecule has 118 valence electrons. The number of hydrogen-bond donors (Lipinski definition) is 3. The Morgan fingerprint density at radius 1 is 1.48 bits per heavy atom. The maximum atomic E-state index is 11.9. The van der Waals surface area contributed by atoms with Gasteiger partial charge in [-0.2, -0.15) is 0 Å². The summed E-state index contributed by atoms with van der Waals surface area (Å²) in [6.07, 6.45) is 0.652. The lowest BCUT2D eigenvalue weighted by atomic mass is 10.2. The fraction of sp³-hybridized carbons (Fsp3) is 0.500. The molecule has 1 aromatic rings. The van der Waals surface area contributed by atoms with E-state index >= 15 is 0 Å². The molecule has 0 aliphatic rings. The van der Waals surface area contributed by atoms with E-state index < -0.39 is 0 Å². The lowest BCUT2D eigenvalue weighted by Gasteiger charge is -2.18. The summed E-state index contributed by atoms with van der Waals surface area (Å²) >= 11 is 11.8. The minimum atomic E-state index is -0.378. The van der Waals surface area contributed by atoms with Gasteiger partial charge in [-0.15, -0.1) is 0 Å². The lowest BCUT2D eigenvalue weighted by molar-refractivity contribution is -0.116. The van der Waals surface area contributed by atoms with E-state index in [1.54, 1.807) is 13.0 Å². The first-order valence-corrected chi connectivity index (χ1v) is 7.46. The van der Waals surface area contributed by atoms with Crippen molar-refractivity contribution in [2.45, 2.75) is 25.9 Å². The third kappa shape index (κ3) is 6.52. The summed E-state index contributed by atoms with van der Waals surface area (Å²) in [5.74, 6) is -0.156. The summed E-state index contributed by atoms with van der Waals surface area (Å²) in [6.45, 7) is 3.04. The summed E-state index contributed by atoms with van der Waals surface area (Å²) in [7, 11) is 1.90. The van der Waals surface area contributed by atoms with Crippen LogP contribution in [0.3, 0.4) is 0 Å². The van der Waals surface area contributed by atoms with E-state index in [0.717, 1.165) is 6.54 Å². The van der Waals surface area contributed by atoms with Gasteiger partial charge < -0.3 is 21.1 Å². The number of nitrogens with two attached hydrogens (primary N) is 1. The van der Waals surface area contributed by atoms with E-state index in [1.807, 2.05) is 11.9 Å². The molecule has 5 nitrogen and oxygen atoms in total. The number of amides is 1. The molecular formula is C14H21Cl2N3O2. The van der Waals surface area contributed by atoms with Crippen molar-refractivity contribution in [1.82, 2.24) is 4.90 Å². The fourth-order valence-corrected chi connectivity index (χ4v) is 2.54. The first-order chi connectivity index (χ1) is 9.79. The highest BCUT2D eigenvalue weighted by Gasteiger charge is 2.11. The van der Waals surface area contributed by atoms with Crippen LogP contribution < -0.4 is 11.1 Å². The molecule has 0 heterocycles. The van der Waals surface area contributed by atoms with Crippen molar-refractivity contribution in [1.29, 1.82) is 0 Å². The predicted molar refractivity (Wildman–Crippen MR) is 87.9 cm³/mol.